The van der Waals surface area contributed by atoms with E-state index in [4.69, 9.17) is 4.74 Å². The Morgan fingerprint density at radius 2 is 1.29 bits per heavy atom. The Kier molecular flexibility index (Phi) is 8.69. The normalized spacial score (nSPS) is 11.5. The summed E-state index contributed by atoms with van der Waals surface area (Å²) in [5.74, 6) is 0.00407. The van der Waals surface area contributed by atoms with E-state index in [0.717, 1.165) is 15.4 Å². The maximum Gasteiger partial charge on any atom is 0.264 e. The number of anilines is 3. The topological polar surface area (TPSA) is 122 Å². The number of methoxy groups -OCH3 is 1. The van der Waals surface area contributed by atoms with E-state index in [2.05, 4.69) is 10.0 Å². The fraction of sp³-hybridized carbons (Fsp3) is 0.167. The van der Waals surface area contributed by atoms with Crippen LogP contribution in [0.3, 0.4) is 0 Å². The fourth-order valence-electron chi connectivity index (χ4n) is 4.05. The molecule has 0 aromatic heterocycles. The Bertz CT molecular complexity index is 1750. The van der Waals surface area contributed by atoms with Gasteiger partial charge in [0.05, 0.1) is 22.6 Å². The van der Waals surface area contributed by atoms with Crippen molar-refractivity contribution in [1.29, 1.82) is 0 Å². The summed E-state index contributed by atoms with van der Waals surface area (Å²) in [5, 5.41) is 2.68. The van der Waals surface area contributed by atoms with Crippen LogP contribution in [-0.4, -0.2) is 36.4 Å². The summed E-state index contributed by atoms with van der Waals surface area (Å²) in [4.78, 5) is 13.2. The van der Waals surface area contributed by atoms with Crippen molar-refractivity contribution in [3.05, 3.63) is 108 Å². The molecule has 0 aliphatic carbocycles. The third kappa shape index (κ3) is 7.05. The number of carbonyl (C=O) groups is 1. The van der Waals surface area contributed by atoms with Crippen molar-refractivity contribution in [2.45, 2.75) is 30.6 Å². The SMILES string of the molecule is COc1ccc(NS(=O)(=O)c2ccc(NC(=O)CN(c3cc(C)ccc3C)S(=O)(=O)c3ccc(C)cc3)cc2)cc1. The predicted octanol–water partition coefficient (Wildman–Crippen LogP) is 5.26. The van der Waals surface area contributed by atoms with Gasteiger partial charge in [0.1, 0.15) is 12.3 Å². The molecule has 0 saturated carbocycles. The smallest absolute Gasteiger partial charge is 0.264 e. The molecule has 41 heavy (non-hydrogen) atoms. The summed E-state index contributed by atoms with van der Waals surface area (Å²) in [6.07, 6.45) is 0. The Balaban J connectivity index is 1.54. The summed E-state index contributed by atoms with van der Waals surface area (Å²) in [5.41, 5.74) is 3.51. The summed E-state index contributed by atoms with van der Waals surface area (Å²) < 4.78 is 61.7. The summed E-state index contributed by atoms with van der Waals surface area (Å²) >= 11 is 0. The predicted molar refractivity (Wildman–Crippen MR) is 161 cm³/mol. The molecule has 0 radical (unpaired) electrons. The first-order valence-corrected chi connectivity index (χ1v) is 15.5. The maximum absolute atomic E-state index is 13.7. The van der Waals surface area contributed by atoms with Gasteiger partial charge in [-0.25, -0.2) is 16.8 Å². The molecule has 1 amide bonds. The number of nitrogens with zero attached hydrogens (tertiary/aromatic N) is 1. The van der Waals surface area contributed by atoms with Gasteiger partial charge in [-0.3, -0.25) is 13.8 Å². The molecule has 0 spiro atoms. The summed E-state index contributed by atoms with van der Waals surface area (Å²) in [7, 11) is -6.45. The van der Waals surface area contributed by atoms with Gasteiger partial charge in [-0.15, -0.1) is 0 Å². The number of benzene rings is 4. The zero-order chi connectivity index (χ0) is 29.8. The Labute approximate surface area is 240 Å². The largest absolute Gasteiger partial charge is 0.497 e. The molecule has 2 N–H and O–H groups in total. The van der Waals surface area contributed by atoms with Crippen molar-refractivity contribution < 1.29 is 26.4 Å². The highest BCUT2D eigenvalue weighted by Crippen LogP contribution is 2.28. The quantitative estimate of drug-likeness (QED) is 0.259. The van der Waals surface area contributed by atoms with Gasteiger partial charge in [-0.1, -0.05) is 29.8 Å². The summed E-state index contributed by atoms with van der Waals surface area (Å²) in [6.45, 7) is 5.00. The van der Waals surface area contributed by atoms with Crippen LogP contribution < -0.4 is 19.1 Å². The van der Waals surface area contributed by atoms with Gasteiger partial charge < -0.3 is 10.1 Å². The van der Waals surface area contributed by atoms with Gasteiger partial charge in [0.15, 0.2) is 0 Å². The van der Waals surface area contributed by atoms with Gasteiger partial charge in [-0.2, -0.15) is 0 Å². The van der Waals surface area contributed by atoms with E-state index in [0.29, 0.717) is 28.4 Å². The molecule has 214 valence electrons. The number of rotatable bonds is 10. The van der Waals surface area contributed by atoms with E-state index >= 15 is 0 Å². The minimum Gasteiger partial charge on any atom is -0.497 e. The molecular weight excluding hydrogens is 562 g/mol. The van der Waals surface area contributed by atoms with Crippen LogP contribution in [0.4, 0.5) is 17.1 Å². The molecule has 0 unspecified atom stereocenters. The number of sulfonamides is 2. The molecule has 11 heteroatoms. The lowest BCUT2D eigenvalue weighted by molar-refractivity contribution is -0.114. The monoisotopic (exact) mass is 593 g/mol. The molecule has 4 aromatic rings. The van der Waals surface area contributed by atoms with Gasteiger partial charge in [0.25, 0.3) is 20.0 Å². The van der Waals surface area contributed by atoms with Crippen molar-refractivity contribution in [2.24, 2.45) is 0 Å². The summed E-state index contributed by atoms with van der Waals surface area (Å²) in [6, 6.07) is 23.9. The first-order valence-electron chi connectivity index (χ1n) is 12.6. The minimum absolute atomic E-state index is 0.00900. The highest BCUT2D eigenvalue weighted by molar-refractivity contribution is 7.93. The van der Waals surface area contributed by atoms with Crippen LogP contribution in [0.15, 0.2) is 101 Å². The van der Waals surface area contributed by atoms with Crippen LogP contribution in [0.25, 0.3) is 0 Å². The Morgan fingerprint density at radius 3 is 1.90 bits per heavy atom. The molecule has 0 heterocycles. The highest BCUT2D eigenvalue weighted by atomic mass is 32.2. The van der Waals surface area contributed by atoms with Crippen LogP contribution in [0.5, 0.6) is 5.75 Å². The van der Waals surface area contributed by atoms with Gasteiger partial charge in [-0.05, 0) is 98.6 Å². The molecule has 0 saturated heterocycles. The molecule has 0 fully saturated rings. The van der Waals surface area contributed by atoms with E-state index in [1.165, 1.54) is 43.5 Å². The average Bonchev–Trinajstić information content (AvgIpc) is 2.94. The van der Waals surface area contributed by atoms with Crippen molar-refractivity contribution in [1.82, 2.24) is 0 Å². The molecular formula is C30H31N3O6S2. The molecule has 0 aliphatic heterocycles. The van der Waals surface area contributed by atoms with E-state index < -0.39 is 32.5 Å². The zero-order valence-corrected chi connectivity index (χ0v) is 24.7. The van der Waals surface area contributed by atoms with E-state index in [1.54, 1.807) is 55.5 Å². The van der Waals surface area contributed by atoms with E-state index in [1.807, 2.05) is 19.9 Å². The number of hydrogen-bond acceptors (Lipinski definition) is 6. The fourth-order valence-corrected chi connectivity index (χ4v) is 6.58. The Morgan fingerprint density at radius 1 is 0.732 bits per heavy atom. The number of nitrogens with one attached hydrogen (secondary N) is 2. The Hall–Kier alpha value is -4.35. The van der Waals surface area contributed by atoms with Gasteiger partial charge in [0, 0.05) is 11.4 Å². The molecule has 9 nitrogen and oxygen atoms in total. The maximum atomic E-state index is 13.7. The molecule has 0 bridgehead atoms. The zero-order valence-electron chi connectivity index (χ0n) is 23.1. The van der Waals surface area contributed by atoms with Crippen molar-refractivity contribution in [3.8, 4) is 5.75 Å². The van der Waals surface area contributed by atoms with E-state index in [9.17, 15) is 21.6 Å². The number of ether oxygens (including phenoxy) is 1. The molecule has 4 rings (SSSR count). The second kappa shape index (κ2) is 12.0. The number of amides is 1. The second-order valence-electron chi connectivity index (χ2n) is 9.52. The van der Waals surface area contributed by atoms with Gasteiger partial charge in [0.2, 0.25) is 5.91 Å². The van der Waals surface area contributed by atoms with Crippen LogP contribution >= 0.6 is 0 Å². The minimum atomic E-state index is -4.08. The lowest BCUT2D eigenvalue weighted by Gasteiger charge is -2.26. The van der Waals surface area contributed by atoms with Crippen LogP contribution in [0, 0.1) is 20.8 Å². The molecule has 0 aliphatic rings. The number of aryl methyl sites for hydroxylation is 3. The molecule has 4 aromatic carbocycles. The van der Waals surface area contributed by atoms with E-state index in [-0.39, 0.29) is 9.79 Å². The van der Waals surface area contributed by atoms with Crippen molar-refractivity contribution in [2.75, 3.05) is 28.0 Å². The molecule has 0 atom stereocenters. The highest BCUT2D eigenvalue weighted by Gasteiger charge is 2.28. The van der Waals surface area contributed by atoms with Crippen LogP contribution in [-0.2, 0) is 24.8 Å². The first-order chi connectivity index (χ1) is 19.4. The lowest BCUT2D eigenvalue weighted by atomic mass is 10.1. The first kappa shape index (κ1) is 29.6. The third-order valence-corrected chi connectivity index (χ3v) is 9.49. The second-order valence-corrected chi connectivity index (χ2v) is 13.1. The average molecular weight is 594 g/mol. The van der Waals surface area contributed by atoms with Crippen LogP contribution in [0.1, 0.15) is 16.7 Å². The third-order valence-electron chi connectivity index (χ3n) is 6.32. The van der Waals surface area contributed by atoms with Crippen LogP contribution in [0.2, 0.25) is 0 Å². The van der Waals surface area contributed by atoms with Crippen molar-refractivity contribution in [3.63, 3.8) is 0 Å². The van der Waals surface area contributed by atoms with Crippen molar-refractivity contribution >= 4 is 43.0 Å². The lowest BCUT2D eigenvalue weighted by Crippen LogP contribution is -2.38. The number of carbonyl (C=O) groups excluding carboxylic acids is 1. The number of hydrogen-bond donors (Lipinski definition) is 2. The van der Waals surface area contributed by atoms with Gasteiger partial charge >= 0.3 is 0 Å². The standard InChI is InChI=1S/C30H31N3O6S2/c1-21-6-15-28(16-7-21)41(37,38)33(29-19-22(2)5-8-23(29)3)20-30(34)31-24-11-17-27(18-12-24)40(35,36)32-25-9-13-26(39-4)14-10-25/h5-19,32H,20H2,1-4H3,(H,31,34).